The van der Waals surface area contributed by atoms with Crippen molar-refractivity contribution < 1.29 is 0 Å². The van der Waals surface area contributed by atoms with Crippen molar-refractivity contribution in [3.8, 4) is 0 Å². The van der Waals surface area contributed by atoms with Crippen molar-refractivity contribution in [2.75, 3.05) is 0 Å². The number of hydrogen-bond donors (Lipinski definition) is 1. The summed E-state index contributed by atoms with van der Waals surface area (Å²) >= 11 is 0. The minimum absolute atomic E-state index is 0.229. The maximum atomic E-state index is 5.49. The van der Waals surface area contributed by atoms with Crippen LogP contribution < -0.4 is 5.73 Å². The molecule has 0 bridgehead atoms. The molecule has 0 aliphatic rings. The third-order valence-electron chi connectivity index (χ3n) is 1.66. The van der Waals surface area contributed by atoms with Gasteiger partial charge in [-0.25, -0.2) is 9.97 Å². The number of aromatic nitrogens is 2. The molecule has 0 unspecified atom stereocenters. The third-order valence-corrected chi connectivity index (χ3v) is 1.66. The summed E-state index contributed by atoms with van der Waals surface area (Å²) in [5.41, 5.74) is 6.63. The van der Waals surface area contributed by atoms with Crippen LogP contribution in [0.3, 0.4) is 0 Å². The van der Waals surface area contributed by atoms with Gasteiger partial charge in [0.2, 0.25) is 0 Å². The molecule has 0 saturated carbocycles. The first-order valence-electron chi connectivity index (χ1n) is 4.52. The molecule has 0 saturated heterocycles. The van der Waals surface area contributed by atoms with Crippen molar-refractivity contribution in [3.63, 3.8) is 0 Å². The lowest BCUT2D eigenvalue weighted by Gasteiger charge is -2.16. The Labute approximate surface area is 79.4 Å². The van der Waals surface area contributed by atoms with Crippen LogP contribution in [0.15, 0.2) is 12.3 Å². The summed E-state index contributed by atoms with van der Waals surface area (Å²) in [5, 5.41) is 0. The Morgan fingerprint density at radius 1 is 1.38 bits per heavy atom. The monoisotopic (exact) mass is 179 g/mol. The Morgan fingerprint density at radius 3 is 2.62 bits per heavy atom. The highest BCUT2D eigenvalue weighted by Gasteiger charge is 2.13. The molecule has 3 nitrogen and oxygen atoms in total. The fourth-order valence-corrected chi connectivity index (χ4v) is 1.11. The molecule has 0 amide bonds. The lowest BCUT2D eigenvalue weighted by Crippen LogP contribution is -2.13. The standard InChI is InChI=1S/C10H17N3/c1-10(2,3)6-9-12-5-4-8(7-11)13-9/h4-5H,6-7,11H2,1-3H3. The van der Waals surface area contributed by atoms with Crippen molar-refractivity contribution in [2.45, 2.75) is 33.7 Å². The second-order valence-electron chi connectivity index (χ2n) is 4.41. The third kappa shape index (κ3) is 3.51. The van der Waals surface area contributed by atoms with Crippen molar-refractivity contribution in [3.05, 3.63) is 23.8 Å². The van der Waals surface area contributed by atoms with Gasteiger partial charge in [-0.05, 0) is 11.5 Å². The number of nitrogens with two attached hydrogens (primary N) is 1. The molecule has 13 heavy (non-hydrogen) atoms. The second kappa shape index (κ2) is 3.83. The van der Waals surface area contributed by atoms with E-state index in [1.54, 1.807) is 6.20 Å². The molecular formula is C10H17N3. The predicted molar refractivity (Wildman–Crippen MR) is 53.1 cm³/mol. The fraction of sp³-hybridized carbons (Fsp3) is 0.600. The smallest absolute Gasteiger partial charge is 0.129 e. The van der Waals surface area contributed by atoms with Gasteiger partial charge in [0.05, 0.1) is 5.69 Å². The van der Waals surface area contributed by atoms with E-state index in [9.17, 15) is 0 Å². The van der Waals surface area contributed by atoms with Crippen molar-refractivity contribution >= 4 is 0 Å². The van der Waals surface area contributed by atoms with Crippen molar-refractivity contribution in [1.82, 2.24) is 9.97 Å². The first-order chi connectivity index (χ1) is 6.01. The van der Waals surface area contributed by atoms with E-state index in [1.807, 2.05) is 6.07 Å². The first-order valence-corrected chi connectivity index (χ1v) is 4.52. The molecule has 0 aromatic carbocycles. The van der Waals surface area contributed by atoms with Crippen molar-refractivity contribution in [2.24, 2.45) is 11.1 Å². The van der Waals surface area contributed by atoms with E-state index >= 15 is 0 Å². The summed E-state index contributed by atoms with van der Waals surface area (Å²) in [7, 11) is 0. The lowest BCUT2D eigenvalue weighted by molar-refractivity contribution is 0.400. The molecule has 2 N–H and O–H groups in total. The molecule has 0 atom stereocenters. The molecule has 1 rings (SSSR count). The summed E-state index contributed by atoms with van der Waals surface area (Å²) in [5.74, 6) is 0.885. The highest BCUT2D eigenvalue weighted by Crippen LogP contribution is 2.17. The molecule has 0 radical (unpaired) electrons. The van der Waals surface area contributed by atoms with Gasteiger partial charge >= 0.3 is 0 Å². The first kappa shape index (κ1) is 10.1. The summed E-state index contributed by atoms with van der Waals surface area (Å²) < 4.78 is 0. The van der Waals surface area contributed by atoms with Gasteiger partial charge in [0.25, 0.3) is 0 Å². The van der Waals surface area contributed by atoms with Gasteiger partial charge in [-0.1, -0.05) is 20.8 Å². The number of rotatable bonds is 2. The minimum atomic E-state index is 0.229. The Morgan fingerprint density at radius 2 is 2.08 bits per heavy atom. The zero-order valence-corrected chi connectivity index (χ0v) is 8.54. The van der Waals surface area contributed by atoms with Crippen LogP contribution in [-0.2, 0) is 13.0 Å². The van der Waals surface area contributed by atoms with Gasteiger partial charge in [-0.15, -0.1) is 0 Å². The Balaban J connectivity index is 2.78. The van der Waals surface area contributed by atoms with Crippen LogP contribution in [0.4, 0.5) is 0 Å². The van der Waals surface area contributed by atoms with Gasteiger partial charge in [-0.3, -0.25) is 0 Å². The molecule has 3 heteroatoms. The number of nitrogens with zero attached hydrogens (tertiary/aromatic N) is 2. The molecule has 0 aliphatic heterocycles. The highest BCUT2D eigenvalue weighted by molar-refractivity contribution is 5.02. The van der Waals surface area contributed by atoms with E-state index in [0.717, 1.165) is 17.9 Å². The average molecular weight is 179 g/mol. The summed E-state index contributed by atoms with van der Waals surface area (Å²) in [6.07, 6.45) is 2.66. The van der Waals surface area contributed by atoms with Crippen LogP contribution in [-0.4, -0.2) is 9.97 Å². The quantitative estimate of drug-likeness (QED) is 0.749. The Bertz CT molecular complexity index is 276. The van der Waals surface area contributed by atoms with Crippen LogP contribution in [0.25, 0.3) is 0 Å². The lowest BCUT2D eigenvalue weighted by atomic mass is 9.92. The SMILES string of the molecule is CC(C)(C)Cc1nccc(CN)n1. The van der Waals surface area contributed by atoms with Gasteiger partial charge < -0.3 is 5.73 Å². The normalized spacial score (nSPS) is 11.7. The molecule has 1 heterocycles. The van der Waals surface area contributed by atoms with Crippen LogP contribution >= 0.6 is 0 Å². The van der Waals surface area contributed by atoms with Crippen LogP contribution in [0.5, 0.6) is 0 Å². The molecular weight excluding hydrogens is 162 g/mol. The molecule has 1 aromatic rings. The predicted octanol–water partition coefficient (Wildman–Crippen LogP) is 1.52. The van der Waals surface area contributed by atoms with E-state index < -0.39 is 0 Å². The van der Waals surface area contributed by atoms with Crippen LogP contribution in [0.2, 0.25) is 0 Å². The van der Waals surface area contributed by atoms with Gasteiger partial charge in [0, 0.05) is 19.2 Å². The summed E-state index contributed by atoms with van der Waals surface area (Å²) in [4.78, 5) is 8.55. The molecule has 0 aliphatic carbocycles. The molecule has 0 fully saturated rings. The zero-order valence-electron chi connectivity index (χ0n) is 8.54. The van der Waals surface area contributed by atoms with Gasteiger partial charge in [-0.2, -0.15) is 0 Å². The topological polar surface area (TPSA) is 51.8 Å². The van der Waals surface area contributed by atoms with E-state index in [0.29, 0.717) is 6.54 Å². The maximum absolute atomic E-state index is 5.49. The van der Waals surface area contributed by atoms with E-state index in [-0.39, 0.29) is 5.41 Å². The van der Waals surface area contributed by atoms with Crippen LogP contribution in [0, 0.1) is 5.41 Å². The zero-order chi connectivity index (χ0) is 9.90. The minimum Gasteiger partial charge on any atom is -0.325 e. The van der Waals surface area contributed by atoms with Gasteiger partial charge in [0.1, 0.15) is 5.82 Å². The van der Waals surface area contributed by atoms with Crippen LogP contribution in [0.1, 0.15) is 32.3 Å². The molecule has 0 spiro atoms. The van der Waals surface area contributed by atoms with E-state index in [1.165, 1.54) is 0 Å². The fourth-order valence-electron chi connectivity index (χ4n) is 1.11. The maximum Gasteiger partial charge on any atom is 0.129 e. The second-order valence-corrected chi connectivity index (χ2v) is 4.41. The molecule has 72 valence electrons. The highest BCUT2D eigenvalue weighted by atomic mass is 14.9. The Hall–Kier alpha value is -0.960. The molecule has 1 aromatic heterocycles. The summed E-state index contributed by atoms with van der Waals surface area (Å²) in [6.45, 7) is 7.00. The van der Waals surface area contributed by atoms with Gasteiger partial charge in [0.15, 0.2) is 0 Å². The number of hydrogen-bond acceptors (Lipinski definition) is 3. The average Bonchev–Trinajstić information content (AvgIpc) is 2.01. The Kier molecular flexibility index (Phi) is 2.98. The van der Waals surface area contributed by atoms with E-state index in [4.69, 9.17) is 5.73 Å². The van der Waals surface area contributed by atoms with Crippen molar-refractivity contribution in [1.29, 1.82) is 0 Å². The largest absolute Gasteiger partial charge is 0.325 e. The van der Waals surface area contributed by atoms with E-state index in [2.05, 4.69) is 30.7 Å². The summed E-state index contributed by atoms with van der Waals surface area (Å²) in [6, 6.07) is 1.85.